The molecule has 0 unspecified atom stereocenters. The van der Waals surface area contributed by atoms with Gasteiger partial charge in [-0.1, -0.05) is 23.5 Å². The Kier molecular flexibility index (Phi) is 10.9. The minimum atomic E-state index is -4.03. The number of aryl methyl sites for hydroxylation is 1. The molecule has 5 rings (SSSR count). The number of benzene rings is 2. The number of hydrogen-bond donors (Lipinski definition) is 3. The number of pyridine rings is 1. The van der Waals surface area contributed by atoms with E-state index in [1.165, 1.54) is 41.7 Å². The number of thiazole rings is 1. The van der Waals surface area contributed by atoms with Gasteiger partial charge in [0, 0.05) is 56.6 Å². The monoisotopic (exact) mass is 704 g/mol. The molecule has 2 amide bonds. The quantitative estimate of drug-likeness (QED) is 0.185. The third-order valence-electron chi connectivity index (χ3n) is 7.83. The van der Waals surface area contributed by atoms with Crippen LogP contribution < -0.4 is 16.0 Å². The summed E-state index contributed by atoms with van der Waals surface area (Å²) in [6, 6.07) is 7.47. The Balaban J connectivity index is 1.35. The summed E-state index contributed by atoms with van der Waals surface area (Å²) in [6.45, 7) is 3.66. The van der Waals surface area contributed by atoms with Gasteiger partial charge in [-0.3, -0.25) is 14.6 Å². The lowest BCUT2D eigenvalue weighted by Gasteiger charge is -2.35. The molecule has 3 heterocycles. The Morgan fingerprint density at radius 1 is 1.02 bits per heavy atom. The molecule has 0 aliphatic carbocycles. The maximum Gasteiger partial charge on any atom is 0.254 e. The van der Waals surface area contributed by atoms with E-state index in [2.05, 4.69) is 25.9 Å². The van der Waals surface area contributed by atoms with Gasteiger partial charge in [-0.2, -0.15) is 4.31 Å². The predicted octanol–water partition coefficient (Wildman–Crippen LogP) is 5.12. The minimum absolute atomic E-state index is 0.00455. The number of halogens is 4. The van der Waals surface area contributed by atoms with E-state index in [4.69, 9.17) is 0 Å². The van der Waals surface area contributed by atoms with E-state index in [0.717, 1.165) is 29.7 Å². The smallest absolute Gasteiger partial charge is 0.254 e. The predicted molar refractivity (Wildman–Crippen MR) is 172 cm³/mol. The summed E-state index contributed by atoms with van der Waals surface area (Å²) in [5.74, 6) is -4.81. The summed E-state index contributed by atoms with van der Waals surface area (Å²) in [6.07, 6.45) is 2.13. The molecule has 1 fully saturated rings. The average Bonchev–Trinajstić information content (AvgIpc) is 3.39. The van der Waals surface area contributed by atoms with E-state index in [-0.39, 0.29) is 70.1 Å². The molecule has 16 heteroatoms. The second kappa shape index (κ2) is 14.9. The molecule has 48 heavy (non-hydrogen) atoms. The van der Waals surface area contributed by atoms with Crippen molar-refractivity contribution in [1.82, 2.24) is 19.6 Å². The number of nitrogens with one attached hydrogen (secondary N) is 3. The SMILES string of the molecule is CC(=O)Nc1nc(C)c(S(=O)(=O)N2CCNC[C@@H]2CCc2c(F)cncc2NC(=O)C[C@@H](c2ccc(F)cc2)c2cc(F)cc(F)c2)s1. The number of rotatable bonds is 11. The van der Waals surface area contributed by atoms with Gasteiger partial charge in [0.05, 0.1) is 23.8 Å². The molecule has 2 aromatic heterocycles. The van der Waals surface area contributed by atoms with Gasteiger partial charge in [-0.25, -0.2) is 31.0 Å². The maximum atomic E-state index is 15.2. The molecule has 1 aliphatic rings. The molecule has 3 N–H and O–H groups in total. The van der Waals surface area contributed by atoms with Crippen molar-refractivity contribution in [3.8, 4) is 0 Å². The fourth-order valence-electron chi connectivity index (χ4n) is 5.66. The Bertz CT molecular complexity index is 1900. The van der Waals surface area contributed by atoms with Crippen LogP contribution in [0.4, 0.5) is 28.4 Å². The first-order chi connectivity index (χ1) is 22.8. The van der Waals surface area contributed by atoms with Crippen LogP contribution in [0.15, 0.2) is 59.1 Å². The summed E-state index contributed by atoms with van der Waals surface area (Å²) < 4.78 is 86.0. The van der Waals surface area contributed by atoms with Crippen molar-refractivity contribution in [3.63, 3.8) is 0 Å². The number of sulfonamides is 1. The zero-order valence-corrected chi connectivity index (χ0v) is 27.5. The van der Waals surface area contributed by atoms with Crippen LogP contribution in [0.25, 0.3) is 0 Å². The molecule has 1 saturated heterocycles. The topological polar surface area (TPSA) is 133 Å². The van der Waals surface area contributed by atoms with Gasteiger partial charge >= 0.3 is 0 Å². The van der Waals surface area contributed by atoms with Crippen LogP contribution in [0.2, 0.25) is 0 Å². The van der Waals surface area contributed by atoms with Crippen molar-refractivity contribution in [2.75, 3.05) is 30.3 Å². The van der Waals surface area contributed by atoms with Gasteiger partial charge < -0.3 is 16.0 Å². The van der Waals surface area contributed by atoms with Gasteiger partial charge in [0.15, 0.2) is 9.34 Å². The lowest BCUT2D eigenvalue weighted by Crippen LogP contribution is -2.53. The normalized spacial score (nSPS) is 16.0. The number of aromatic nitrogens is 2. The Hall–Kier alpha value is -4.25. The second-order valence-electron chi connectivity index (χ2n) is 11.3. The summed E-state index contributed by atoms with van der Waals surface area (Å²) in [5.41, 5.74) is 0.975. The molecule has 0 saturated carbocycles. The van der Waals surface area contributed by atoms with E-state index >= 15 is 4.39 Å². The van der Waals surface area contributed by atoms with Crippen LogP contribution in [-0.4, -0.2) is 60.2 Å². The van der Waals surface area contributed by atoms with Crippen LogP contribution in [0.5, 0.6) is 0 Å². The van der Waals surface area contributed by atoms with E-state index in [1.54, 1.807) is 6.92 Å². The highest BCUT2D eigenvalue weighted by Gasteiger charge is 2.36. The molecule has 10 nitrogen and oxygen atoms in total. The molecule has 2 aromatic carbocycles. The van der Waals surface area contributed by atoms with Gasteiger partial charge in [0.2, 0.25) is 11.8 Å². The third-order valence-corrected chi connectivity index (χ3v) is 11.4. The number of carbonyl (C=O) groups excluding carboxylic acids is 2. The largest absolute Gasteiger partial charge is 0.324 e. The van der Waals surface area contributed by atoms with E-state index < -0.39 is 51.2 Å². The Morgan fingerprint density at radius 2 is 1.73 bits per heavy atom. The summed E-state index contributed by atoms with van der Waals surface area (Å²) >= 11 is 0.851. The Labute approximate surface area is 278 Å². The number of hydrogen-bond acceptors (Lipinski definition) is 8. The highest BCUT2D eigenvalue weighted by Crippen LogP contribution is 2.33. The van der Waals surface area contributed by atoms with E-state index in [9.17, 15) is 31.2 Å². The number of nitrogens with zero attached hydrogens (tertiary/aromatic N) is 3. The van der Waals surface area contributed by atoms with Crippen LogP contribution in [-0.2, 0) is 26.0 Å². The first-order valence-corrected chi connectivity index (χ1v) is 17.2. The molecule has 2 atom stereocenters. The standard InChI is InChI=1S/C32H32F4N6O4S2/c1-18-31(47-32(39-18)40-19(2)43)48(45,46)42-10-9-37-15-25(42)7-8-26-28(36)16-38-17-29(26)41-30(44)14-27(20-3-5-22(33)6-4-20)21-11-23(34)13-24(35)12-21/h3-6,11-13,16-17,25,27,37H,7-10,14-15H2,1-2H3,(H,41,44)(H,39,40,43)/t25-,27-/m0/s1. The molecule has 0 bridgehead atoms. The van der Waals surface area contributed by atoms with Gasteiger partial charge in [0.25, 0.3) is 10.0 Å². The molecular formula is C32H32F4N6O4S2. The maximum absolute atomic E-state index is 15.2. The molecule has 1 aliphatic heterocycles. The highest BCUT2D eigenvalue weighted by atomic mass is 32.2. The Morgan fingerprint density at radius 3 is 2.42 bits per heavy atom. The molecule has 254 valence electrons. The number of anilines is 2. The highest BCUT2D eigenvalue weighted by molar-refractivity contribution is 7.91. The van der Waals surface area contributed by atoms with Crippen LogP contribution >= 0.6 is 11.3 Å². The molecule has 4 aromatic rings. The van der Waals surface area contributed by atoms with Gasteiger partial charge in [-0.15, -0.1) is 0 Å². The molecule has 0 spiro atoms. The fourth-order valence-corrected chi connectivity index (χ4v) is 8.89. The van der Waals surface area contributed by atoms with Crippen LogP contribution in [0, 0.1) is 30.2 Å². The zero-order chi connectivity index (χ0) is 34.6. The van der Waals surface area contributed by atoms with Crippen LogP contribution in [0.3, 0.4) is 0 Å². The summed E-state index contributed by atoms with van der Waals surface area (Å²) in [4.78, 5) is 32.9. The lowest BCUT2D eigenvalue weighted by molar-refractivity contribution is -0.116. The number of piperazine rings is 1. The molecular weight excluding hydrogens is 673 g/mol. The van der Waals surface area contributed by atoms with E-state index in [1.807, 2.05) is 0 Å². The van der Waals surface area contributed by atoms with Crippen molar-refractivity contribution in [2.24, 2.45) is 0 Å². The molecule has 0 radical (unpaired) electrons. The third kappa shape index (κ3) is 8.24. The second-order valence-corrected chi connectivity index (χ2v) is 14.4. The average molecular weight is 705 g/mol. The van der Waals surface area contributed by atoms with Crippen molar-refractivity contribution in [1.29, 1.82) is 0 Å². The van der Waals surface area contributed by atoms with Crippen molar-refractivity contribution in [3.05, 3.63) is 101 Å². The van der Waals surface area contributed by atoms with Crippen molar-refractivity contribution >= 4 is 44.0 Å². The van der Waals surface area contributed by atoms with Crippen molar-refractivity contribution < 1.29 is 35.6 Å². The van der Waals surface area contributed by atoms with Crippen molar-refractivity contribution in [2.45, 2.75) is 49.3 Å². The first-order valence-electron chi connectivity index (χ1n) is 14.9. The lowest BCUT2D eigenvalue weighted by atomic mass is 9.88. The fraction of sp³-hybridized carbons (Fsp3) is 0.312. The zero-order valence-electron chi connectivity index (χ0n) is 25.9. The van der Waals surface area contributed by atoms with Gasteiger partial charge in [-0.05, 0) is 55.2 Å². The summed E-state index contributed by atoms with van der Waals surface area (Å²) in [7, 11) is -4.03. The number of carbonyl (C=O) groups is 2. The van der Waals surface area contributed by atoms with Gasteiger partial charge in [0.1, 0.15) is 23.3 Å². The van der Waals surface area contributed by atoms with E-state index in [0.29, 0.717) is 18.2 Å². The minimum Gasteiger partial charge on any atom is -0.324 e. The number of amides is 2. The van der Waals surface area contributed by atoms with Crippen LogP contribution in [0.1, 0.15) is 48.1 Å². The first kappa shape index (κ1) is 35.1. The summed E-state index contributed by atoms with van der Waals surface area (Å²) in [5, 5.41) is 8.49.